The number of hydrogen-bond donors (Lipinski definition) is 0. The summed E-state index contributed by atoms with van der Waals surface area (Å²) in [6, 6.07) is 36.6. The maximum atomic E-state index is 6.39. The molecule has 0 saturated carbocycles. The second-order valence-corrected chi connectivity index (χ2v) is 9.25. The van der Waals surface area contributed by atoms with E-state index in [9.17, 15) is 0 Å². The molecule has 0 aliphatic carbocycles. The molecule has 0 unspecified atom stereocenters. The number of furan rings is 2. The van der Waals surface area contributed by atoms with E-state index in [1.807, 2.05) is 84.9 Å². The van der Waals surface area contributed by atoms with E-state index in [0.717, 1.165) is 32.7 Å². The first-order valence-electron chi connectivity index (χ1n) is 12.9. The van der Waals surface area contributed by atoms with Crippen LogP contribution in [0.4, 0.5) is 0 Å². The Labute approximate surface area is 253 Å². The van der Waals surface area contributed by atoms with Crippen LogP contribution in [0.15, 0.2) is 118 Å². The van der Waals surface area contributed by atoms with Crippen molar-refractivity contribution in [2.45, 2.75) is 0 Å². The van der Waals surface area contributed by atoms with Crippen LogP contribution >= 0.6 is 0 Å². The van der Waals surface area contributed by atoms with Gasteiger partial charge in [0, 0.05) is 46.8 Å². The number of fused-ring (bicyclic) bond motifs is 6. The minimum absolute atomic E-state index is 0. The summed E-state index contributed by atoms with van der Waals surface area (Å²) >= 11 is 0. The van der Waals surface area contributed by atoms with Gasteiger partial charge in [-0.25, -0.2) is 9.97 Å². The summed E-state index contributed by atoms with van der Waals surface area (Å²) in [6.07, 6.45) is 3.32. The zero-order chi connectivity index (χ0) is 27.2. The second-order valence-electron chi connectivity index (χ2n) is 9.25. The van der Waals surface area contributed by atoms with E-state index >= 15 is 0 Å². The summed E-state index contributed by atoms with van der Waals surface area (Å²) in [5, 5.41) is 3.48. The number of aromatic nitrogens is 2. The average molecular weight is 730 g/mol. The molecular formula is C34H18N2O5Pt. The number of rotatable bonds is 6. The third-order valence-electron chi connectivity index (χ3n) is 6.61. The molecule has 4 aromatic carbocycles. The Balaban J connectivity index is 0.00000288. The van der Waals surface area contributed by atoms with Crippen LogP contribution in [-0.2, 0) is 21.1 Å². The van der Waals surface area contributed by atoms with Crippen LogP contribution in [0.2, 0.25) is 0 Å². The first-order chi connectivity index (χ1) is 20.3. The Hall–Kier alpha value is -5.13. The van der Waals surface area contributed by atoms with Gasteiger partial charge in [0.25, 0.3) is 0 Å². The Morgan fingerprint density at radius 2 is 0.952 bits per heavy atom. The number of nitrogens with zero attached hydrogens (tertiary/aromatic N) is 2. The van der Waals surface area contributed by atoms with Gasteiger partial charge in [0.2, 0.25) is 11.8 Å². The molecule has 204 valence electrons. The zero-order valence-electron chi connectivity index (χ0n) is 21.6. The average Bonchev–Trinajstić information content (AvgIpc) is 3.58. The van der Waals surface area contributed by atoms with Crippen LogP contribution < -0.4 is 14.2 Å². The van der Waals surface area contributed by atoms with Gasteiger partial charge in [-0.2, -0.15) is 0 Å². The second kappa shape index (κ2) is 10.7. The molecule has 0 amide bonds. The first kappa shape index (κ1) is 25.8. The van der Waals surface area contributed by atoms with Gasteiger partial charge in [-0.05, 0) is 24.3 Å². The minimum atomic E-state index is 0. The van der Waals surface area contributed by atoms with Crippen molar-refractivity contribution in [3.8, 4) is 34.8 Å². The summed E-state index contributed by atoms with van der Waals surface area (Å²) in [6.45, 7) is 0. The molecule has 4 heterocycles. The van der Waals surface area contributed by atoms with Crippen molar-refractivity contribution >= 4 is 43.9 Å². The fourth-order valence-electron chi connectivity index (χ4n) is 4.82. The third kappa shape index (κ3) is 4.64. The number of ether oxygens (including phenoxy) is 3. The first-order valence-corrected chi connectivity index (χ1v) is 12.9. The van der Waals surface area contributed by atoms with Gasteiger partial charge in [-0.15, -0.1) is 12.1 Å². The topological polar surface area (TPSA) is 79.8 Å². The summed E-state index contributed by atoms with van der Waals surface area (Å²) in [5.74, 6) is 2.34. The van der Waals surface area contributed by atoms with E-state index in [1.54, 1.807) is 24.5 Å². The van der Waals surface area contributed by atoms with Gasteiger partial charge in [0.15, 0.2) is 0 Å². The monoisotopic (exact) mass is 729 g/mol. The van der Waals surface area contributed by atoms with Crippen LogP contribution in [0.1, 0.15) is 0 Å². The van der Waals surface area contributed by atoms with Crippen LogP contribution in [0.3, 0.4) is 0 Å². The summed E-state index contributed by atoms with van der Waals surface area (Å²) < 4.78 is 30.9. The SMILES string of the molecule is [Pt+2].[c-]1c(Oc2[c-]c(Oc3ccccn3)c3oc4ccccc4c3c2)cc2c(oc3ccccc32)c1Oc1ccccn1. The molecular weight excluding hydrogens is 711 g/mol. The standard InChI is InChI=1S/C34H18N2O5.Pt/c1-3-11-27-23(9-1)25-17-21(19-29(33(25)40-27)38-31-13-5-7-15-35-31)37-22-18-26-24-10-2-4-12-28(24)41-34(26)30(20-22)39-32-14-6-8-16-36-32;/h1-18H;/q-2;+2. The van der Waals surface area contributed by atoms with Gasteiger partial charge in [-0.3, -0.25) is 0 Å². The summed E-state index contributed by atoms with van der Waals surface area (Å²) in [5.41, 5.74) is 2.54. The molecule has 7 nitrogen and oxygen atoms in total. The molecule has 0 bridgehead atoms. The van der Waals surface area contributed by atoms with Crippen molar-refractivity contribution in [3.05, 3.63) is 122 Å². The van der Waals surface area contributed by atoms with Crippen LogP contribution in [0.25, 0.3) is 43.9 Å². The molecule has 42 heavy (non-hydrogen) atoms. The smallest absolute Gasteiger partial charge is 0.512 e. The Bertz CT molecular complexity index is 2040. The molecule has 0 spiro atoms. The number of para-hydroxylation sites is 2. The fraction of sp³-hybridized carbons (Fsp3) is 0. The van der Waals surface area contributed by atoms with Gasteiger partial charge >= 0.3 is 21.1 Å². The number of pyridine rings is 2. The third-order valence-corrected chi connectivity index (χ3v) is 6.61. The maximum Gasteiger partial charge on any atom is 2.00 e. The van der Waals surface area contributed by atoms with Crippen LogP contribution in [0.5, 0.6) is 34.8 Å². The van der Waals surface area contributed by atoms with Gasteiger partial charge in [0.05, 0.1) is 22.7 Å². The summed E-state index contributed by atoms with van der Waals surface area (Å²) in [7, 11) is 0. The molecule has 0 saturated heterocycles. The van der Waals surface area contributed by atoms with Crippen molar-refractivity contribution in [1.29, 1.82) is 0 Å². The molecule has 8 heteroatoms. The number of benzene rings is 4. The molecule has 4 aromatic heterocycles. The van der Waals surface area contributed by atoms with E-state index in [-0.39, 0.29) is 21.1 Å². The van der Waals surface area contributed by atoms with E-state index in [2.05, 4.69) is 22.1 Å². The largest absolute Gasteiger partial charge is 2.00 e. The molecule has 8 rings (SSSR count). The summed E-state index contributed by atoms with van der Waals surface area (Å²) in [4.78, 5) is 8.59. The molecule has 0 fully saturated rings. The fourth-order valence-corrected chi connectivity index (χ4v) is 4.82. The van der Waals surface area contributed by atoms with E-state index in [0.29, 0.717) is 45.9 Å². The van der Waals surface area contributed by atoms with Crippen molar-refractivity contribution in [3.63, 3.8) is 0 Å². The van der Waals surface area contributed by atoms with E-state index in [1.165, 1.54) is 0 Å². The van der Waals surface area contributed by atoms with E-state index < -0.39 is 0 Å². The Kier molecular flexibility index (Phi) is 6.57. The van der Waals surface area contributed by atoms with Gasteiger partial charge in [0.1, 0.15) is 11.2 Å². The normalized spacial score (nSPS) is 11.1. The molecule has 0 aliphatic rings. The molecule has 0 N–H and O–H groups in total. The van der Waals surface area contributed by atoms with Crippen LogP contribution in [-0.4, -0.2) is 9.97 Å². The molecule has 0 radical (unpaired) electrons. The quantitative estimate of drug-likeness (QED) is 0.158. The Morgan fingerprint density at radius 3 is 1.40 bits per heavy atom. The van der Waals surface area contributed by atoms with Gasteiger partial charge in [-0.1, -0.05) is 71.4 Å². The number of hydrogen-bond acceptors (Lipinski definition) is 7. The molecule has 0 atom stereocenters. The van der Waals surface area contributed by atoms with E-state index in [4.69, 9.17) is 23.0 Å². The molecule has 8 aromatic rings. The molecule has 0 aliphatic heterocycles. The maximum absolute atomic E-state index is 6.39. The van der Waals surface area contributed by atoms with Crippen LogP contribution in [0, 0.1) is 12.1 Å². The van der Waals surface area contributed by atoms with Crippen molar-refractivity contribution in [2.24, 2.45) is 0 Å². The Morgan fingerprint density at radius 1 is 0.500 bits per heavy atom. The predicted molar refractivity (Wildman–Crippen MR) is 154 cm³/mol. The minimum Gasteiger partial charge on any atom is -0.512 e. The van der Waals surface area contributed by atoms with Crippen molar-refractivity contribution in [1.82, 2.24) is 9.97 Å². The van der Waals surface area contributed by atoms with Crippen molar-refractivity contribution < 1.29 is 44.1 Å². The van der Waals surface area contributed by atoms with Crippen molar-refractivity contribution in [2.75, 3.05) is 0 Å². The predicted octanol–water partition coefficient (Wildman–Crippen LogP) is 9.25. The van der Waals surface area contributed by atoms with Gasteiger partial charge < -0.3 is 23.0 Å². The zero-order valence-corrected chi connectivity index (χ0v) is 23.9.